The first-order chi connectivity index (χ1) is 7.72. The number of alkyl halides is 1. The fourth-order valence-electron chi connectivity index (χ4n) is 2.59. The van der Waals surface area contributed by atoms with E-state index in [1.165, 1.54) is 19.3 Å². The van der Waals surface area contributed by atoms with Crippen LogP contribution in [0.5, 0.6) is 0 Å². The van der Waals surface area contributed by atoms with E-state index in [0.717, 1.165) is 32.0 Å². The molecule has 0 aromatic rings. The third-order valence-corrected chi connectivity index (χ3v) is 3.96. The Kier molecular flexibility index (Phi) is 4.09. The van der Waals surface area contributed by atoms with Gasteiger partial charge in [0.1, 0.15) is 5.88 Å². The Bertz CT molecular complexity index is 255. The number of likely N-dealkylation sites (tertiary alicyclic amines) is 1. The molecule has 2 rings (SSSR count). The van der Waals surface area contributed by atoms with Gasteiger partial charge < -0.3 is 9.80 Å². The Morgan fingerprint density at radius 1 is 1.38 bits per heavy atom. The van der Waals surface area contributed by atoms with Gasteiger partial charge in [-0.2, -0.15) is 0 Å². The van der Waals surface area contributed by atoms with Gasteiger partial charge >= 0.3 is 0 Å². The summed E-state index contributed by atoms with van der Waals surface area (Å²) in [5.41, 5.74) is 0. The maximum atomic E-state index is 11.7. The van der Waals surface area contributed by atoms with Crippen LogP contribution in [0.2, 0.25) is 0 Å². The highest BCUT2D eigenvalue weighted by Gasteiger charge is 2.32. The standard InChI is InChI=1S/C12H21ClN2O/c1-14(10-5-6-10)9-11-4-2-3-7-15(11)12(16)8-13/h10-11H,2-9H2,1H3/t11-/m1/s1. The van der Waals surface area contributed by atoms with Gasteiger partial charge in [-0.15, -0.1) is 11.6 Å². The summed E-state index contributed by atoms with van der Waals surface area (Å²) in [4.78, 5) is 16.1. The van der Waals surface area contributed by atoms with Crippen LogP contribution in [-0.4, -0.2) is 53.8 Å². The monoisotopic (exact) mass is 244 g/mol. The predicted molar refractivity (Wildman–Crippen MR) is 65.7 cm³/mol. The van der Waals surface area contributed by atoms with Crippen LogP contribution in [0.3, 0.4) is 0 Å². The van der Waals surface area contributed by atoms with Gasteiger partial charge in [-0.25, -0.2) is 0 Å². The minimum Gasteiger partial charge on any atom is -0.337 e. The van der Waals surface area contributed by atoms with E-state index in [-0.39, 0.29) is 11.8 Å². The first-order valence-electron chi connectivity index (χ1n) is 6.28. The molecule has 4 heteroatoms. The molecule has 1 aliphatic heterocycles. The van der Waals surface area contributed by atoms with Crippen LogP contribution in [0, 0.1) is 0 Å². The number of amides is 1. The molecule has 0 N–H and O–H groups in total. The second-order valence-corrected chi connectivity index (χ2v) is 5.31. The highest BCUT2D eigenvalue weighted by atomic mass is 35.5. The first-order valence-corrected chi connectivity index (χ1v) is 6.81. The van der Waals surface area contributed by atoms with Crippen LogP contribution >= 0.6 is 11.6 Å². The number of likely N-dealkylation sites (N-methyl/N-ethyl adjacent to an activating group) is 1. The third-order valence-electron chi connectivity index (χ3n) is 3.73. The normalized spacial score (nSPS) is 26.2. The summed E-state index contributed by atoms with van der Waals surface area (Å²) in [7, 11) is 2.18. The SMILES string of the molecule is CN(C[C@H]1CCCCN1C(=O)CCl)C1CC1. The molecule has 3 nitrogen and oxygen atoms in total. The van der Waals surface area contributed by atoms with Crippen molar-refractivity contribution in [3.8, 4) is 0 Å². The molecule has 92 valence electrons. The number of piperidine rings is 1. The summed E-state index contributed by atoms with van der Waals surface area (Å²) in [5, 5.41) is 0. The molecule has 1 saturated heterocycles. The molecule has 1 saturated carbocycles. The third kappa shape index (κ3) is 2.89. The average Bonchev–Trinajstić information content (AvgIpc) is 3.12. The van der Waals surface area contributed by atoms with Gasteiger partial charge in [0.25, 0.3) is 0 Å². The van der Waals surface area contributed by atoms with E-state index in [1.54, 1.807) is 0 Å². The predicted octanol–water partition coefficient (Wildman–Crippen LogP) is 1.70. The van der Waals surface area contributed by atoms with Gasteiger partial charge in [0.05, 0.1) is 0 Å². The molecule has 0 bridgehead atoms. The Labute approximate surface area is 103 Å². The molecule has 0 aromatic carbocycles. The first kappa shape index (κ1) is 12.2. The lowest BCUT2D eigenvalue weighted by Gasteiger charge is -2.37. The maximum absolute atomic E-state index is 11.7. The molecule has 16 heavy (non-hydrogen) atoms. The molecule has 2 fully saturated rings. The van der Waals surface area contributed by atoms with Crippen molar-refractivity contribution in [2.45, 2.75) is 44.2 Å². The Hall–Kier alpha value is -0.280. The van der Waals surface area contributed by atoms with E-state index in [1.807, 2.05) is 4.90 Å². The van der Waals surface area contributed by atoms with Gasteiger partial charge in [0.15, 0.2) is 0 Å². The number of carbonyl (C=O) groups excluding carboxylic acids is 1. The molecule has 0 radical (unpaired) electrons. The molecule has 1 heterocycles. The summed E-state index contributed by atoms with van der Waals surface area (Å²) in [6, 6.07) is 1.17. The summed E-state index contributed by atoms with van der Waals surface area (Å²) < 4.78 is 0. The van der Waals surface area contributed by atoms with E-state index in [4.69, 9.17) is 11.6 Å². The van der Waals surface area contributed by atoms with Crippen LogP contribution in [0.15, 0.2) is 0 Å². The molecular formula is C12H21ClN2O. The maximum Gasteiger partial charge on any atom is 0.237 e. The number of rotatable bonds is 4. The Morgan fingerprint density at radius 2 is 2.12 bits per heavy atom. The van der Waals surface area contributed by atoms with E-state index in [2.05, 4.69) is 11.9 Å². The Morgan fingerprint density at radius 3 is 2.75 bits per heavy atom. The van der Waals surface area contributed by atoms with Gasteiger partial charge in [-0.1, -0.05) is 0 Å². The number of hydrogen-bond acceptors (Lipinski definition) is 2. The van der Waals surface area contributed by atoms with Gasteiger partial charge in [-0.05, 0) is 39.2 Å². The largest absolute Gasteiger partial charge is 0.337 e. The molecule has 1 atom stereocenters. The number of hydrogen-bond donors (Lipinski definition) is 0. The zero-order valence-electron chi connectivity index (χ0n) is 9.99. The van der Waals surface area contributed by atoms with E-state index < -0.39 is 0 Å². The Balaban J connectivity index is 1.90. The van der Waals surface area contributed by atoms with Crippen LogP contribution in [0.4, 0.5) is 0 Å². The van der Waals surface area contributed by atoms with E-state index >= 15 is 0 Å². The second-order valence-electron chi connectivity index (χ2n) is 5.04. The fraction of sp³-hybridized carbons (Fsp3) is 0.917. The van der Waals surface area contributed by atoms with Crippen molar-refractivity contribution in [2.24, 2.45) is 0 Å². The lowest BCUT2D eigenvalue weighted by molar-refractivity contribution is -0.132. The molecule has 0 aromatic heterocycles. The van der Waals surface area contributed by atoms with Gasteiger partial charge in [0, 0.05) is 25.2 Å². The minimum absolute atomic E-state index is 0.107. The molecule has 1 aliphatic carbocycles. The van der Waals surface area contributed by atoms with Crippen molar-refractivity contribution in [1.29, 1.82) is 0 Å². The molecule has 0 unspecified atom stereocenters. The van der Waals surface area contributed by atoms with Crippen LogP contribution < -0.4 is 0 Å². The van der Waals surface area contributed by atoms with Crippen molar-refractivity contribution in [2.75, 3.05) is 26.0 Å². The number of halogens is 1. The van der Waals surface area contributed by atoms with Gasteiger partial charge in [-0.3, -0.25) is 4.79 Å². The van der Waals surface area contributed by atoms with Crippen LogP contribution in [0.1, 0.15) is 32.1 Å². The van der Waals surface area contributed by atoms with Crippen LogP contribution in [0.25, 0.3) is 0 Å². The fourth-order valence-corrected chi connectivity index (χ4v) is 2.75. The highest BCUT2D eigenvalue weighted by molar-refractivity contribution is 6.27. The molecule has 1 amide bonds. The summed E-state index contributed by atoms with van der Waals surface area (Å²) in [6.07, 6.45) is 6.17. The van der Waals surface area contributed by atoms with E-state index in [0.29, 0.717) is 6.04 Å². The summed E-state index contributed by atoms with van der Waals surface area (Å²) >= 11 is 5.66. The lowest BCUT2D eigenvalue weighted by atomic mass is 10.0. The number of carbonyl (C=O) groups is 1. The van der Waals surface area contributed by atoms with Crippen LogP contribution in [-0.2, 0) is 4.79 Å². The zero-order valence-corrected chi connectivity index (χ0v) is 10.7. The smallest absolute Gasteiger partial charge is 0.237 e. The molecule has 2 aliphatic rings. The van der Waals surface area contributed by atoms with Crippen molar-refractivity contribution in [3.63, 3.8) is 0 Å². The lowest BCUT2D eigenvalue weighted by Crippen LogP contribution is -2.49. The van der Waals surface area contributed by atoms with Crippen molar-refractivity contribution < 1.29 is 4.79 Å². The molecular weight excluding hydrogens is 224 g/mol. The van der Waals surface area contributed by atoms with Crippen molar-refractivity contribution in [1.82, 2.24) is 9.80 Å². The van der Waals surface area contributed by atoms with Crippen molar-refractivity contribution >= 4 is 17.5 Å². The quantitative estimate of drug-likeness (QED) is 0.703. The van der Waals surface area contributed by atoms with Gasteiger partial charge in [0.2, 0.25) is 5.91 Å². The number of nitrogens with zero attached hydrogens (tertiary/aromatic N) is 2. The topological polar surface area (TPSA) is 23.6 Å². The second kappa shape index (κ2) is 5.37. The van der Waals surface area contributed by atoms with Crippen molar-refractivity contribution in [3.05, 3.63) is 0 Å². The summed E-state index contributed by atoms with van der Waals surface area (Å²) in [6.45, 7) is 1.92. The summed E-state index contributed by atoms with van der Waals surface area (Å²) in [5.74, 6) is 0.236. The molecule has 0 spiro atoms. The highest BCUT2D eigenvalue weighted by Crippen LogP contribution is 2.27. The van der Waals surface area contributed by atoms with E-state index in [9.17, 15) is 4.79 Å². The minimum atomic E-state index is 0.107. The average molecular weight is 245 g/mol. The zero-order chi connectivity index (χ0) is 11.5.